The molecule has 1 N–H and O–H groups in total. The lowest BCUT2D eigenvalue weighted by atomic mass is 10.2. The van der Waals surface area contributed by atoms with Crippen molar-refractivity contribution in [3.05, 3.63) is 113 Å². The summed E-state index contributed by atoms with van der Waals surface area (Å²) in [5.41, 5.74) is 2.51. The largest absolute Gasteiger partial charge is 0.489 e. The molecule has 0 spiro atoms. The van der Waals surface area contributed by atoms with E-state index in [0.29, 0.717) is 28.0 Å². The van der Waals surface area contributed by atoms with Crippen LogP contribution in [0.5, 0.6) is 28.7 Å². The molecule has 0 atom stereocenters. The van der Waals surface area contributed by atoms with Crippen molar-refractivity contribution in [2.24, 2.45) is 0 Å². The predicted molar refractivity (Wildman–Crippen MR) is 143 cm³/mol. The molecule has 0 amide bonds. The van der Waals surface area contributed by atoms with Crippen molar-refractivity contribution in [2.45, 2.75) is 13.2 Å². The van der Waals surface area contributed by atoms with Gasteiger partial charge in [0, 0.05) is 27.6 Å². The number of carbonyl (C=O) groups is 1. The van der Waals surface area contributed by atoms with Crippen LogP contribution in [0.15, 0.2) is 91.0 Å². The lowest BCUT2D eigenvalue weighted by molar-refractivity contribution is 0.0686. The van der Waals surface area contributed by atoms with Crippen LogP contribution in [-0.2, 0) is 13.2 Å². The number of rotatable bonds is 8. The maximum absolute atomic E-state index is 12.1. The average Bonchev–Trinajstić information content (AvgIpc) is 3.53. The zero-order chi connectivity index (χ0) is 26.1. The highest BCUT2D eigenvalue weighted by Crippen LogP contribution is 2.38. The van der Waals surface area contributed by atoms with Crippen molar-refractivity contribution < 1.29 is 28.8 Å². The van der Waals surface area contributed by atoms with E-state index >= 15 is 0 Å². The Hall–Kier alpha value is -4.62. The first-order valence-electron chi connectivity index (χ1n) is 11.9. The minimum Gasteiger partial charge on any atom is -0.489 e. The molecule has 7 nitrogen and oxygen atoms in total. The van der Waals surface area contributed by atoms with Gasteiger partial charge in [-0.1, -0.05) is 48.0 Å². The van der Waals surface area contributed by atoms with Gasteiger partial charge in [-0.2, -0.15) is 0 Å². The smallest absolute Gasteiger partial charge is 0.352 e. The van der Waals surface area contributed by atoms with Crippen LogP contribution in [0.4, 0.5) is 0 Å². The highest BCUT2D eigenvalue weighted by atomic mass is 35.5. The van der Waals surface area contributed by atoms with E-state index in [1.807, 2.05) is 72.8 Å². The number of ether oxygens (including phenoxy) is 4. The Kier molecular flexibility index (Phi) is 6.27. The fourth-order valence-electron chi connectivity index (χ4n) is 4.44. The van der Waals surface area contributed by atoms with E-state index in [0.717, 1.165) is 27.8 Å². The Morgan fingerprint density at radius 1 is 0.868 bits per heavy atom. The van der Waals surface area contributed by atoms with Gasteiger partial charge in [0.25, 0.3) is 0 Å². The molecule has 0 saturated carbocycles. The van der Waals surface area contributed by atoms with Gasteiger partial charge in [0.05, 0.1) is 6.54 Å². The lowest BCUT2D eigenvalue weighted by Gasteiger charge is -2.13. The molecule has 0 aliphatic carbocycles. The van der Waals surface area contributed by atoms with Crippen LogP contribution in [0, 0.1) is 0 Å². The van der Waals surface area contributed by atoms with Gasteiger partial charge in [-0.15, -0.1) is 0 Å². The van der Waals surface area contributed by atoms with Gasteiger partial charge in [0.2, 0.25) is 6.79 Å². The second kappa shape index (κ2) is 10.0. The number of para-hydroxylation sites is 2. The molecule has 8 heteroatoms. The van der Waals surface area contributed by atoms with Crippen LogP contribution in [0.25, 0.3) is 10.9 Å². The van der Waals surface area contributed by atoms with Crippen molar-refractivity contribution in [2.75, 3.05) is 6.79 Å². The Labute approximate surface area is 223 Å². The molecule has 38 heavy (non-hydrogen) atoms. The number of fused-ring (bicyclic) bond motifs is 2. The van der Waals surface area contributed by atoms with E-state index in [2.05, 4.69) is 0 Å². The van der Waals surface area contributed by atoms with E-state index in [1.54, 1.807) is 22.8 Å². The Balaban J connectivity index is 1.26. The van der Waals surface area contributed by atoms with E-state index < -0.39 is 5.97 Å². The number of carboxylic acid groups (broad SMARTS) is 1. The fourth-order valence-corrected chi connectivity index (χ4v) is 4.65. The van der Waals surface area contributed by atoms with Crippen molar-refractivity contribution in [1.29, 1.82) is 0 Å². The number of hydrogen-bond donors (Lipinski definition) is 1. The van der Waals surface area contributed by atoms with Crippen molar-refractivity contribution in [1.82, 2.24) is 4.57 Å². The molecule has 2 heterocycles. The molecule has 1 aliphatic rings. The molecule has 0 fully saturated rings. The molecule has 5 aromatic rings. The molecular weight excluding hydrogens is 506 g/mol. The van der Waals surface area contributed by atoms with Crippen molar-refractivity contribution in [3.63, 3.8) is 0 Å². The summed E-state index contributed by atoms with van der Waals surface area (Å²) in [4.78, 5) is 12.1. The second-order valence-corrected chi connectivity index (χ2v) is 9.16. The quantitative estimate of drug-likeness (QED) is 0.231. The highest BCUT2D eigenvalue weighted by molar-refractivity contribution is 6.31. The third kappa shape index (κ3) is 4.71. The second-order valence-electron chi connectivity index (χ2n) is 8.75. The maximum atomic E-state index is 12.1. The third-order valence-corrected chi connectivity index (χ3v) is 6.65. The Bertz CT molecular complexity index is 1650. The first-order valence-corrected chi connectivity index (χ1v) is 12.3. The van der Waals surface area contributed by atoms with Crippen LogP contribution in [0.3, 0.4) is 0 Å². The number of halogens is 1. The topological polar surface area (TPSA) is 79.2 Å². The SMILES string of the molecule is O=C(O)c1cc2cc(OCc3ccccc3Oc3ccccc3)ccc2n1Cc1cc2c(cc1Cl)OCO2. The minimum absolute atomic E-state index is 0.133. The standard InChI is InChI=1S/C30H22ClNO6/c31-24-15-29-28(36-18-37-29)14-21(24)16-32-25-11-10-23(12-20(25)13-26(32)30(33)34)35-17-19-6-4-5-9-27(19)38-22-7-2-1-3-8-22/h1-15H,16-18H2,(H,33,34). The predicted octanol–water partition coefficient (Wildman–Crippen LogP) is 7.14. The molecule has 1 aromatic heterocycles. The summed E-state index contributed by atoms with van der Waals surface area (Å²) in [5, 5.41) is 11.1. The molecule has 0 radical (unpaired) electrons. The maximum Gasteiger partial charge on any atom is 0.352 e. The van der Waals surface area contributed by atoms with Gasteiger partial charge in [0.15, 0.2) is 11.5 Å². The number of nitrogens with zero attached hydrogens (tertiary/aromatic N) is 1. The van der Waals surface area contributed by atoms with Crippen LogP contribution in [0.2, 0.25) is 5.02 Å². The summed E-state index contributed by atoms with van der Waals surface area (Å²) < 4.78 is 24.7. The van der Waals surface area contributed by atoms with Gasteiger partial charge in [-0.3, -0.25) is 0 Å². The monoisotopic (exact) mass is 527 g/mol. The number of hydrogen-bond acceptors (Lipinski definition) is 5. The number of carboxylic acids is 1. The summed E-state index contributed by atoms with van der Waals surface area (Å²) in [7, 11) is 0. The van der Waals surface area contributed by atoms with Crippen LogP contribution in [-0.4, -0.2) is 22.4 Å². The number of aromatic carboxylic acids is 1. The first kappa shape index (κ1) is 23.8. The van der Waals surface area contributed by atoms with Gasteiger partial charge in [-0.25, -0.2) is 4.79 Å². The van der Waals surface area contributed by atoms with E-state index in [9.17, 15) is 9.90 Å². The highest BCUT2D eigenvalue weighted by Gasteiger charge is 2.20. The normalized spacial score (nSPS) is 12.0. The van der Waals surface area contributed by atoms with Crippen LogP contribution < -0.4 is 18.9 Å². The van der Waals surface area contributed by atoms with Crippen molar-refractivity contribution >= 4 is 28.5 Å². The zero-order valence-corrected chi connectivity index (χ0v) is 20.9. The summed E-state index contributed by atoms with van der Waals surface area (Å²) >= 11 is 6.47. The summed E-state index contributed by atoms with van der Waals surface area (Å²) in [5.74, 6) is 2.19. The summed E-state index contributed by atoms with van der Waals surface area (Å²) in [6, 6.07) is 27.9. The minimum atomic E-state index is -1.03. The number of benzene rings is 4. The molecule has 190 valence electrons. The van der Waals surface area contributed by atoms with Crippen molar-refractivity contribution in [3.8, 4) is 28.7 Å². The molecule has 4 aromatic carbocycles. The molecule has 6 rings (SSSR count). The molecule has 0 bridgehead atoms. The van der Waals surface area contributed by atoms with Gasteiger partial charge in [-0.05, 0) is 54.1 Å². The summed E-state index contributed by atoms with van der Waals surface area (Å²) in [6.07, 6.45) is 0. The first-order chi connectivity index (χ1) is 18.5. The molecule has 0 saturated heterocycles. The van der Waals surface area contributed by atoms with Gasteiger partial charge in [0.1, 0.15) is 29.5 Å². The molecular formula is C30H22ClNO6. The summed E-state index contributed by atoms with van der Waals surface area (Å²) in [6.45, 7) is 0.673. The van der Waals surface area contributed by atoms with E-state index in [1.165, 1.54) is 0 Å². The van der Waals surface area contributed by atoms with Gasteiger partial charge < -0.3 is 28.6 Å². The zero-order valence-electron chi connectivity index (χ0n) is 20.1. The molecule has 0 unspecified atom stereocenters. The average molecular weight is 528 g/mol. The van der Waals surface area contributed by atoms with Crippen LogP contribution >= 0.6 is 11.6 Å². The van der Waals surface area contributed by atoms with Gasteiger partial charge >= 0.3 is 5.97 Å². The lowest BCUT2D eigenvalue weighted by Crippen LogP contribution is -2.09. The van der Waals surface area contributed by atoms with E-state index in [-0.39, 0.29) is 25.6 Å². The van der Waals surface area contributed by atoms with Crippen LogP contribution in [0.1, 0.15) is 21.6 Å². The Morgan fingerprint density at radius 2 is 1.63 bits per heavy atom. The van der Waals surface area contributed by atoms with E-state index in [4.69, 9.17) is 30.5 Å². The fraction of sp³-hybridized carbons (Fsp3) is 0.100. The Morgan fingerprint density at radius 3 is 2.45 bits per heavy atom. The molecule has 1 aliphatic heterocycles. The third-order valence-electron chi connectivity index (χ3n) is 6.30. The number of aromatic nitrogens is 1.